The zero-order chi connectivity index (χ0) is 18.9. The fourth-order valence-electron chi connectivity index (χ4n) is 3.00. The highest BCUT2D eigenvalue weighted by molar-refractivity contribution is 7.86. The molecule has 0 aliphatic heterocycles. The Morgan fingerprint density at radius 3 is 2.41 bits per heavy atom. The van der Waals surface area contributed by atoms with Gasteiger partial charge in [-0.2, -0.15) is 8.42 Å². The van der Waals surface area contributed by atoms with Gasteiger partial charge in [0.15, 0.2) is 0 Å². The zero-order valence-electron chi connectivity index (χ0n) is 14.8. The molecule has 0 bridgehead atoms. The molecule has 0 radical (unpaired) electrons. The minimum Gasteiger partial charge on any atom is -0.491 e. The average molecular weight is 381 g/mol. The van der Waals surface area contributed by atoms with E-state index in [4.69, 9.17) is 8.92 Å². The van der Waals surface area contributed by atoms with Crippen molar-refractivity contribution in [3.05, 3.63) is 72.3 Å². The van der Waals surface area contributed by atoms with Gasteiger partial charge in [0.05, 0.1) is 10.4 Å². The predicted octanol–water partition coefficient (Wildman–Crippen LogP) is 4.41. The fraction of sp³-hybridized carbons (Fsp3) is 0.143. The lowest BCUT2D eigenvalue weighted by molar-refractivity contribution is 0.221. The van der Waals surface area contributed by atoms with E-state index in [0.29, 0.717) is 5.75 Å². The van der Waals surface area contributed by atoms with Gasteiger partial charge in [0, 0.05) is 22.4 Å². The molecule has 27 heavy (non-hydrogen) atoms. The summed E-state index contributed by atoms with van der Waals surface area (Å²) in [5.74, 6) is 0.658. The number of para-hydroxylation sites is 1. The van der Waals surface area contributed by atoms with Crippen LogP contribution < -0.4 is 4.74 Å². The van der Waals surface area contributed by atoms with Crippen LogP contribution in [0.4, 0.5) is 0 Å². The minimum absolute atomic E-state index is 0.0546. The van der Waals surface area contributed by atoms with Crippen LogP contribution >= 0.6 is 0 Å². The van der Waals surface area contributed by atoms with E-state index in [2.05, 4.69) is 11.1 Å². The number of aromatic amines is 1. The van der Waals surface area contributed by atoms with Crippen molar-refractivity contribution < 1.29 is 17.3 Å². The summed E-state index contributed by atoms with van der Waals surface area (Å²) in [5.41, 5.74) is 3.03. The van der Waals surface area contributed by atoms with Gasteiger partial charge in [-0.25, -0.2) is 0 Å². The molecule has 1 aromatic heterocycles. The van der Waals surface area contributed by atoms with Crippen molar-refractivity contribution in [2.24, 2.45) is 0 Å². The van der Waals surface area contributed by atoms with E-state index in [-0.39, 0.29) is 18.1 Å². The average Bonchev–Trinajstić information content (AvgIpc) is 3.03. The van der Waals surface area contributed by atoms with Crippen LogP contribution in [0.2, 0.25) is 0 Å². The van der Waals surface area contributed by atoms with Crippen molar-refractivity contribution in [2.45, 2.75) is 11.8 Å². The second-order valence-corrected chi connectivity index (χ2v) is 7.93. The summed E-state index contributed by atoms with van der Waals surface area (Å²) >= 11 is 0. The Hall–Kier alpha value is -2.83. The Morgan fingerprint density at radius 1 is 0.852 bits per heavy atom. The third-order valence-corrected chi connectivity index (χ3v) is 5.70. The van der Waals surface area contributed by atoms with Crippen molar-refractivity contribution in [2.75, 3.05) is 13.2 Å². The van der Waals surface area contributed by atoms with Crippen molar-refractivity contribution >= 4 is 31.9 Å². The molecular weight excluding hydrogens is 362 g/mol. The second-order valence-electron chi connectivity index (χ2n) is 6.32. The molecule has 0 saturated carbocycles. The lowest BCUT2D eigenvalue weighted by Crippen LogP contribution is -2.13. The van der Waals surface area contributed by atoms with Gasteiger partial charge < -0.3 is 9.72 Å². The summed E-state index contributed by atoms with van der Waals surface area (Å²) in [6.45, 7) is 1.98. The van der Waals surface area contributed by atoms with Gasteiger partial charge in [0.25, 0.3) is 10.1 Å². The first-order valence-electron chi connectivity index (χ1n) is 8.62. The van der Waals surface area contributed by atoms with Gasteiger partial charge in [0.1, 0.15) is 19.0 Å². The van der Waals surface area contributed by atoms with Crippen LogP contribution in [0.25, 0.3) is 21.8 Å². The summed E-state index contributed by atoms with van der Waals surface area (Å²) in [6.07, 6.45) is 0. The Labute approximate surface area is 157 Å². The maximum absolute atomic E-state index is 12.1. The molecule has 0 aliphatic rings. The molecule has 0 amide bonds. The molecule has 3 aromatic carbocycles. The van der Waals surface area contributed by atoms with Crippen LogP contribution in [-0.4, -0.2) is 26.6 Å². The maximum Gasteiger partial charge on any atom is 0.297 e. The van der Waals surface area contributed by atoms with Crippen molar-refractivity contribution in [3.8, 4) is 5.75 Å². The van der Waals surface area contributed by atoms with Gasteiger partial charge in [-0.05, 0) is 37.3 Å². The van der Waals surface area contributed by atoms with E-state index in [0.717, 1.165) is 27.4 Å². The highest BCUT2D eigenvalue weighted by atomic mass is 32.2. The first-order chi connectivity index (χ1) is 13.0. The molecule has 5 nitrogen and oxygen atoms in total. The van der Waals surface area contributed by atoms with Crippen LogP contribution in [0.3, 0.4) is 0 Å². The van der Waals surface area contributed by atoms with E-state index >= 15 is 0 Å². The topological polar surface area (TPSA) is 68.4 Å². The van der Waals surface area contributed by atoms with E-state index in [1.807, 2.05) is 43.3 Å². The van der Waals surface area contributed by atoms with Gasteiger partial charge >= 0.3 is 0 Å². The number of nitrogens with one attached hydrogen (secondary N) is 1. The first kappa shape index (κ1) is 17.6. The summed E-state index contributed by atoms with van der Waals surface area (Å²) in [5, 5.41) is 2.28. The Balaban J connectivity index is 1.40. The van der Waals surface area contributed by atoms with E-state index in [1.54, 1.807) is 12.1 Å². The Bertz CT molecular complexity index is 1190. The van der Waals surface area contributed by atoms with Gasteiger partial charge in [0.2, 0.25) is 0 Å². The van der Waals surface area contributed by atoms with Crippen molar-refractivity contribution in [1.82, 2.24) is 4.98 Å². The fourth-order valence-corrected chi connectivity index (χ4v) is 3.89. The lowest BCUT2D eigenvalue weighted by atomic mass is 10.1. The van der Waals surface area contributed by atoms with E-state index in [9.17, 15) is 8.42 Å². The minimum atomic E-state index is -3.77. The van der Waals surface area contributed by atoms with Crippen LogP contribution in [0, 0.1) is 6.92 Å². The summed E-state index contributed by atoms with van der Waals surface area (Å²) < 4.78 is 35.0. The highest BCUT2D eigenvalue weighted by Gasteiger charge is 2.14. The smallest absolute Gasteiger partial charge is 0.297 e. The third-order valence-electron chi connectivity index (χ3n) is 4.38. The molecule has 0 unspecified atom stereocenters. The normalized spacial score (nSPS) is 11.9. The molecule has 1 N–H and O–H groups in total. The van der Waals surface area contributed by atoms with Crippen molar-refractivity contribution in [1.29, 1.82) is 0 Å². The SMILES string of the molecule is Cc1ccc(S(=O)(=O)OCCOc2ccc3c(c2)[nH]c2ccccc23)cc1. The lowest BCUT2D eigenvalue weighted by Gasteiger charge is -2.08. The number of benzene rings is 3. The molecule has 138 valence electrons. The van der Waals surface area contributed by atoms with Gasteiger partial charge in [-0.15, -0.1) is 0 Å². The molecule has 0 saturated heterocycles. The number of rotatable bonds is 6. The number of hydrogen-bond donors (Lipinski definition) is 1. The quantitative estimate of drug-likeness (QED) is 0.397. The number of aryl methyl sites for hydroxylation is 1. The number of fused-ring (bicyclic) bond motifs is 3. The van der Waals surface area contributed by atoms with Gasteiger partial charge in [-0.3, -0.25) is 4.18 Å². The number of hydrogen-bond acceptors (Lipinski definition) is 4. The maximum atomic E-state index is 12.1. The first-order valence-corrected chi connectivity index (χ1v) is 10.0. The molecule has 0 atom stereocenters. The zero-order valence-corrected chi connectivity index (χ0v) is 15.6. The predicted molar refractivity (Wildman–Crippen MR) is 106 cm³/mol. The Kier molecular flexibility index (Phi) is 4.59. The van der Waals surface area contributed by atoms with E-state index in [1.165, 1.54) is 12.1 Å². The van der Waals surface area contributed by atoms with Crippen LogP contribution in [0.5, 0.6) is 5.75 Å². The van der Waals surface area contributed by atoms with Crippen molar-refractivity contribution in [3.63, 3.8) is 0 Å². The second kappa shape index (κ2) is 7.06. The van der Waals surface area contributed by atoms with Crippen LogP contribution in [-0.2, 0) is 14.3 Å². The number of H-pyrrole nitrogens is 1. The third kappa shape index (κ3) is 3.67. The summed E-state index contributed by atoms with van der Waals surface area (Å²) in [4.78, 5) is 3.50. The molecule has 1 heterocycles. The van der Waals surface area contributed by atoms with Crippen LogP contribution in [0.1, 0.15) is 5.56 Å². The molecule has 0 spiro atoms. The molecular formula is C21H19NO4S. The van der Waals surface area contributed by atoms with E-state index < -0.39 is 10.1 Å². The van der Waals surface area contributed by atoms with Gasteiger partial charge in [-0.1, -0.05) is 35.9 Å². The molecule has 6 heteroatoms. The molecule has 0 aliphatic carbocycles. The summed E-state index contributed by atoms with van der Waals surface area (Å²) in [6, 6.07) is 20.4. The largest absolute Gasteiger partial charge is 0.491 e. The summed E-state index contributed by atoms with van der Waals surface area (Å²) in [7, 11) is -3.77. The highest BCUT2D eigenvalue weighted by Crippen LogP contribution is 2.28. The number of ether oxygens (including phenoxy) is 1. The monoisotopic (exact) mass is 381 g/mol. The van der Waals surface area contributed by atoms with Crippen LogP contribution in [0.15, 0.2) is 71.6 Å². The molecule has 4 rings (SSSR count). The molecule has 4 aromatic rings. The standard InChI is InChI=1S/C21H19NO4S/c1-15-6-9-17(10-7-15)27(23,24)26-13-12-25-16-8-11-19-18-4-2-3-5-20(18)22-21(19)14-16/h2-11,14,22H,12-13H2,1H3. The number of aromatic nitrogens is 1. The Morgan fingerprint density at radius 2 is 1.59 bits per heavy atom. The molecule has 0 fully saturated rings.